The summed E-state index contributed by atoms with van der Waals surface area (Å²) >= 11 is 0. The number of carbonyl (C=O) groups excluding carboxylic acids is 2. The number of ether oxygens (including phenoxy) is 4. The van der Waals surface area contributed by atoms with Gasteiger partial charge in [-0.25, -0.2) is 0 Å². The van der Waals surface area contributed by atoms with E-state index in [2.05, 4.69) is 0 Å². The largest absolute Gasteiger partial charge is 0.497 e. The van der Waals surface area contributed by atoms with Crippen LogP contribution >= 0.6 is 0 Å². The third kappa shape index (κ3) is 3.05. The molecule has 1 atom stereocenters. The molecule has 2 aliphatic carbocycles. The molecule has 1 unspecified atom stereocenters. The van der Waals surface area contributed by atoms with Crippen molar-refractivity contribution in [1.29, 1.82) is 0 Å². The molecule has 4 rings (SSSR count). The van der Waals surface area contributed by atoms with E-state index < -0.39 is 0 Å². The standard InChI is InChI=1S/C24H22O6/c1-27-15-7-5-13(6-8-15)17-10-14-9-16(28-2)11-19(29-3)21(14)23-18(25)12-20(30-4)24(26)22(17)23/h5-9,11-12,17H,10H2,1-4H3. The zero-order valence-corrected chi connectivity index (χ0v) is 17.3. The minimum atomic E-state index is -0.314. The molecule has 0 spiro atoms. The van der Waals surface area contributed by atoms with E-state index >= 15 is 0 Å². The van der Waals surface area contributed by atoms with E-state index in [1.807, 2.05) is 30.3 Å². The number of fused-ring (bicyclic) bond motifs is 2. The van der Waals surface area contributed by atoms with Gasteiger partial charge in [-0.2, -0.15) is 0 Å². The molecule has 0 radical (unpaired) electrons. The van der Waals surface area contributed by atoms with Crippen molar-refractivity contribution in [2.24, 2.45) is 0 Å². The Morgan fingerprint density at radius 2 is 1.53 bits per heavy atom. The first-order chi connectivity index (χ1) is 14.5. The van der Waals surface area contributed by atoms with Crippen LogP contribution in [0.15, 0.2) is 53.8 Å². The number of benzene rings is 2. The maximum absolute atomic E-state index is 13.3. The molecule has 154 valence electrons. The van der Waals surface area contributed by atoms with E-state index in [1.54, 1.807) is 20.3 Å². The van der Waals surface area contributed by atoms with Gasteiger partial charge in [0.05, 0.1) is 28.4 Å². The highest BCUT2D eigenvalue weighted by atomic mass is 16.5. The van der Waals surface area contributed by atoms with Crippen LogP contribution in [0, 0.1) is 0 Å². The average molecular weight is 406 g/mol. The third-order valence-corrected chi connectivity index (χ3v) is 5.62. The zero-order valence-electron chi connectivity index (χ0n) is 17.3. The molecule has 2 aliphatic rings. The third-order valence-electron chi connectivity index (χ3n) is 5.62. The van der Waals surface area contributed by atoms with Gasteiger partial charge in [-0.05, 0) is 35.7 Å². The van der Waals surface area contributed by atoms with Crippen molar-refractivity contribution in [3.05, 3.63) is 70.5 Å². The lowest BCUT2D eigenvalue weighted by Crippen LogP contribution is -2.28. The van der Waals surface area contributed by atoms with E-state index in [0.29, 0.717) is 34.6 Å². The van der Waals surface area contributed by atoms with Crippen LogP contribution in [0.2, 0.25) is 0 Å². The highest BCUT2D eigenvalue weighted by molar-refractivity contribution is 6.38. The smallest absolute Gasteiger partial charge is 0.225 e. The summed E-state index contributed by atoms with van der Waals surface area (Å²) in [5, 5.41) is 0. The van der Waals surface area contributed by atoms with Gasteiger partial charge in [0.1, 0.15) is 17.2 Å². The molecule has 0 fully saturated rings. The minimum absolute atomic E-state index is 0.0493. The van der Waals surface area contributed by atoms with E-state index in [1.165, 1.54) is 20.3 Å². The molecule has 0 N–H and O–H groups in total. The van der Waals surface area contributed by atoms with Crippen molar-refractivity contribution < 1.29 is 28.5 Å². The first-order valence-corrected chi connectivity index (χ1v) is 9.50. The van der Waals surface area contributed by atoms with E-state index in [4.69, 9.17) is 18.9 Å². The molecule has 6 heteroatoms. The minimum Gasteiger partial charge on any atom is -0.497 e. The predicted molar refractivity (Wildman–Crippen MR) is 111 cm³/mol. The fraction of sp³-hybridized carbons (Fsp3) is 0.250. The molecular formula is C24H22O6. The molecule has 0 saturated heterocycles. The molecular weight excluding hydrogens is 384 g/mol. The number of hydrogen-bond donors (Lipinski definition) is 0. The van der Waals surface area contributed by atoms with Gasteiger partial charge >= 0.3 is 0 Å². The maximum Gasteiger partial charge on any atom is 0.225 e. The molecule has 0 heterocycles. The van der Waals surface area contributed by atoms with Gasteiger partial charge in [0.2, 0.25) is 5.78 Å². The second-order valence-electron chi connectivity index (χ2n) is 7.09. The SMILES string of the molecule is COC1=CC(=O)C2=C(C1=O)C(c1ccc(OC)cc1)Cc1cc(OC)cc(OC)c12. The van der Waals surface area contributed by atoms with Crippen molar-refractivity contribution in [3.8, 4) is 17.2 Å². The van der Waals surface area contributed by atoms with Crippen LogP contribution in [0.5, 0.6) is 17.2 Å². The highest BCUT2D eigenvalue weighted by Crippen LogP contribution is 2.48. The molecule has 0 saturated carbocycles. The van der Waals surface area contributed by atoms with Gasteiger partial charge in [-0.1, -0.05) is 12.1 Å². The van der Waals surface area contributed by atoms with Crippen LogP contribution in [-0.2, 0) is 20.7 Å². The number of rotatable bonds is 5. The predicted octanol–water partition coefficient (Wildman–Crippen LogP) is 3.49. The van der Waals surface area contributed by atoms with Crippen LogP contribution in [-0.4, -0.2) is 40.0 Å². The van der Waals surface area contributed by atoms with Gasteiger partial charge in [0.25, 0.3) is 0 Å². The number of ketones is 2. The van der Waals surface area contributed by atoms with Gasteiger partial charge in [-0.3, -0.25) is 9.59 Å². The van der Waals surface area contributed by atoms with Gasteiger partial charge < -0.3 is 18.9 Å². The van der Waals surface area contributed by atoms with E-state index in [0.717, 1.165) is 16.9 Å². The number of Topliss-reactive ketones (excluding diaryl/α,β-unsaturated/α-hetero) is 1. The summed E-state index contributed by atoms with van der Waals surface area (Å²) in [6.07, 6.45) is 1.77. The summed E-state index contributed by atoms with van der Waals surface area (Å²) in [4.78, 5) is 26.4. The number of methoxy groups -OCH3 is 4. The lowest BCUT2D eigenvalue weighted by molar-refractivity contribution is -0.117. The highest BCUT2D eigenvalue weighted by Gasteiger charge is 2.41. The van der Waals surface area contributed by atoms with Crippen LogP contribution in [0.4, 0.5) is 0 Å². The Morgan fingerprint density at radius 1 is 0.833 bits per heavy atom. The molecule has 0 aromatic heterocycles. The molecule has 30 heavy (non-hydrogen) atoms. The first-order valence-electron chi connectivity index (χ1n) is 9.50. The summed E-state index contributed by atoms with van der Waals surface area (Å²) < 4.78 is 21.4. The van der Waals surface area contributed by atoms with Gasteiger partial charge in [0.15, 0.2) is 11.5 Å². The fourth-order valence-electron chi connectivity index (χ4n) is 4.19. The second kappa shape index (κ2) is 7.71. The quantitative estimate of drug-likeness (QED) is 0.708. The van der Waals surface area contributed by atoms with Crippen LogP contribution in [0.3, 0.4) is 0 Å². The van der Waals surface area contributed by atoms with Crippen molar-refractivity contribution >= 4 is 17.1 Å². The molecule has 0 amide bonds. The summed E-state index contributed by atoms with van der Waals surface area (Å²) in [6.45, 7) is 0. The van der Waals surface area contributed by atoms with Crippen molar-refractivity contribution in [2.45, 2.75) is 12.3 Å². The summed E-state index contributed by atoms with van der Waals surface area (Å²) in [7, 11) is 6.12. The maximum atomic E-state index is 13.3. The monoisotopic (exact) mass is 406 g/mol. The van der Waals surface area contributed by atoms with Crippen molar-refractivity contribution in [1.82, 2.24) is 0 Å². The summed E-state index contributed by atoms with van der Waals surface area (Å²) in [5.74, 6) is 1.03. The molecule has 0 bridgehead atoms. The Morgan fingerprint density at radius 3 is 2.13 bits per heavy atom. The summed E-state index contributed by atoms with van der Waals surface area (Å²) in [6, 6.07) is 11.1. The Bertz CT molecular complexity index is 1090. The second-order valence-corrected chi connectivity index (χ2v) is 7.09. The molecule has 0 aliphatic heterocycles. The van der Waals surface area contributed by atoms with Gasteiger partial charge in [0, 0.05) is 34.8 Å². The van der Waals surface area contributed by atoms with Crippen LogP contribution < -0.4 is 14.2 Å². The number of hydrogen-bond acceptors (Lipinski definition) is 6. The zero-order chi connectivity index (χ0) is 21.4. The average Bonchev–Trinajstić information content (AvgIpc) is 2.79. The Labute approximate surface area is 174 Å². The van der Waals surface area contributed by atoms with Crippen LogP contribution in [0.25, 0.3) is 5.57 Å². The van der Waals surface area contributed by atoms with Gasteiger partial charge in [-0.15, -0.1) is 0 Å². The Kier molecular flexibility index (Phi) is 5.08. The first kappa shape index (κ1) is 19.8. The summed E-state index contributed by atoms with van der Waals surface area (Å²) in [5.41, 5.74) is 3.24. The topological polar surface area (TPSA) is 71.1 Å². The normalized spacial score (nSPS) is 17.7. The number of allylic oxidation sites excluding steroid dienone is 3. The molecule has 2 aromatic rings. The fourth-order valence-corrected chi connectivity index (χ4v) is 4.19. The number of carbonyl (C=O) groups is 2. The lowest BCUT2D eigenvalue weighted by atomic mass is 9.70. The van der Waals surface area contributed by atoms with Crippen molar-refractivity contribution in [2.75, 3.05) is 28.4 Å². The van der Waals surface area contributed by atoms with E-state index in [9.17, 15) is 9.59 Å². The van der Waals surface area contributed by atoms with E-state index in [-0.39, 0.29) is 23.2 Å². The van der Waals surface area contributed by atoms with Crippen LogP contribution in [0.1, 0.15) is 22.6 Å². The Balaban J connectivity index is 1.97. The Hall–Kier alpha value is -3.54. The molecule has 2 aromatic carbocycles. The van der Waals surface area contributed by atoms with Crippen molar-refractivity contribution in [3.63, 3.8) is 0 Å². The molecule has 6 nitrogen and oxygen atoms in total. The lowest BCUT2D eigenvalue weighted by Gasteiger charge is -2.32.